The van der Waals surface area contributed by atoms with Gasteiger partial charge in [0.25, 0.3) is 0 Å². The average molecular weight is 569 g/mol. The molecule has 1 aliphatic heterocycles. The van der Waals surface area contributed by atoms with Gasteiger partial charge in [0.2, 0.25) is 16.0 Å². The van der Waals surface area contributed by atoms with Gasteiger partial charge in [-0.3, -0.25) is 4.72 Å². The highest BCUT2D eigenvalue weighted by atomic mass is 32.2. The summed E-state index contributed by atoms with van der Waals surface area (Å²) in [6.07, 6.45) is 3.71. The summed E-state index contributed by atoms with van der Waals surface area (Å²) in [5, 5.41) is 8.41. The molecule has 0 amide bonds. The van der Waals surface area contributed by atoms with Crippen molar-refractivity contribution in [2.75, 3.05) is 35.1 Å². The molecule has 5 rings (SSSR count). The fraction of sp³-hybridized carbons (Fsp3) is 0.357. The molecule has 2 aromatic heterocycles. The normalized spacial score (nSPS) is 15.1. The van der Waals surface area contributed by atoms with Gasteiger partial charge in [0.15, 0.2) is 0 Å². The Balaban J connectivity index is 1.37. The molecule has 8 nitrogen and oxygen atoms in total. The maximum Gasteiger partial charge on any atom is 0.237 e. The molecular formula is C28H33FN6O2S2. The lowest BCUT2D eigenvalue weighted by atomic mass is 10.0. The molecule has 0 spiro atoms. The van der Waals surface area contributed by atoms with E-state index in [1.165, 1.54) is 17.4 Å². The largest absolute Gasteiger partial charge is 0.369 e. The quantitative estimate of drug-likeness (QED) is 0.253. The Bertz CT molecular complexity index is 1590. The summed E-state index contributed by atoms with van der Waals surface area (Å²) in [6.45, 7) is 6.60. The maximum absolute atomic E-state index is 15.0. The number of anilines is 4. The SMILES string of the molecule is CNC1CCN(c2ccc(Nc3ncc4scc(-c5cccc(NS(=O)(=O)C(C)(C)C)c5)c4n3)cc2F)CC1. The summed E-state index contributed by atoms with van der Waals surface area (Å²) < 4.78 is 43.0. The number of sulfonamides is 1. The molecule has 4 aromatic rings. The van der Waals surface area contributed by atoms with Gasteiger partial charge in [-0.05, 0) is 76.6 Å². The van der Waals surface area contributed by atoms with Crippen molar-refractivity contribution < 1.29 is 12.8 Å². The summed E-state index contributed by atoms with van der Waals surface area (Å²) in [5.41, 5.74) is 4.09. The lowest BCUT2D eigenvalue weighted by Crippen LogP contribution is -2.41. The Morgan fingerprint density at radius 2 is 1.85 bits per heavy atom. The van der Waals surface area contributed by atoms with Gasteiger partial charge in [-0.25, -0.2) is 22.8 Å². The molecule has 0 bridgehead atoms. The topological polar surface area (TPSA) is 99.2 Å². The molecule has 2 aromatic carbocycles. The third-order valence-electron chi connectivity index (χ3n) is 6.99. The highest BCUT2D eigenvalue weighted by molar-refractivity contribution is 7.94. The number of nitrogens with zero attached hydrogens (tertiary/aromatic N) is 3. The van der Waals surface area contributed by atoms with Crippen LogP contribution >= 0.6 is 11.3 Å². The number of benzene rings is 2. The highest BCUT2D eigenvalue weighted by Gasteiger charge is 2.29. The molecule has 0 radical (unpaired) electrons. The molecule has 3 N–H and O–H groups in total. The third kappa shape index (κ3) is 5.85. The Morgan fingerprint density at radius 3 is 2.54 bits per heavy atom. The lowest BCUT2D eigenvalue weighted by molar-refractivity contribution is 0.439. The van der Waals surface area contributed by atoms with Crippen molar-refractivity contribution in [1.82, 2.24) is 15.3 Å². The van der Waals surface area contributed by atoms with Crippen LogP contribution in [0.25, 0.3) is 21.3 Å². The highest BCUT2D eigenvalue weighted by Crippen LogP contribution is 2.35. The second-order valence-electron chi connectivity index (χ2n) is 10.7. The second kappa shape index (κ2) is 10.7. The first-order valence-electron chi connectivity index (χ1n) is 12.9. The van der Waals surface area contributed by atoms with E-state index in [2.05, 4.69) is 25.2 Å². The van der Waals surface area contributed by atoms with Gasteiger partial charge in [0.1, 0.15) is 5.82 Å². The van der Waals surface area contributed by atoms with Crippen molar-refractivity contribution in [2.24, 2.45) is 0 Å². The minimum atomic E-state index is -3.56. The van der Waals surface area contributed by atoms with Crippen LogP contribution in [0.5, 0.6) is 0 Å². The first-order valence-corrected chi connectivity index (χ1v) is 15.3. The number of thiophene rings is 1. The van der Waals surface area contributed by atoms with Crippen molar-refractivity contribution in [2.45, 2.75) is 44.4 Å². The number of aromatic nitrogens is 2. The monoisotopic (exact) mass is 568 g/mol. The van der Waals surface area contributed by atoms with E-state index >= 15 is 4.39 Å². The van der Waals surface area contributed by atoms with Crippen molar-refractivity contribution in [3.05, 3.63) is 59.9 Å². The van der Waals surface area contributed by atoms with Gasteiger partial charge >= 0.3 is 0 Å². The minimum Gasteiger partial charge on any atom is -0.369 e. The lowest BCUT2D eigenvalue weighted by Gasteiger charge is -2.33. The predicted octanol–water partition coefficient (Wildman–Crippen LogP) is 5.97. The fourth-order valence-corrected chi connectivity index (χ4v) is 6.15. The van der Waals surface area contributed by atoms with Crippen LogP contribution in [0.1, 0.15) is 33.6 Å². The number of fused-ring (bicyclic) bond motifs is 1. The van der Waals surface area contributed by atoms with E-state index < -0.39 is 14.8 Å². The number of nitrogens with one attached hydrogen (secondary N) is 3. The molecule has 0 unspecified atom stereocenters. The summed E-state index contributed by atoms with van der Waals surface area (Å²) in [4.78, 5) is 11.2. The first-order chi connectivity index (χ1) is 18.5. The van der Waals surface area contributed by atoms with Crippen molar-refractivity contribution >= 4 is 54.6 Å². The van der Waals surface area contributed by atoms with E-state index in [4.69, 9.17) is 4.98 Å². The van der Waals surface area contributed by atoms with Crippen LogP contribution in [0.15, 0.2) is 54.0 Å². The van der Waals surface area contributed by atoms with Crippen LogP contribution in [0.3, 0.4) is 0 Å². The maximum atomic E-state index is 15.0. The second-order valence-corrected chi connectivity index (χ2v) is 14.0. The van der Waals surface area contributed by atoms with Crippen molar-refractivity contribution in [1.29, 1.82) is 0 Å². The van der Waals surface area contributed by atoms with Gasteiger partial charge in [-0.2, -0.15) is 0 Å². The van der Waals surface area contributed by atoms with E-state index in [0.29, 0.717) is 29.1 Å². The van der Waals surface area contributed by atoms with Crippen LogP contribution < -0.4 is 20.3 Å². The van der Waals surface area contributed by atoms with Crippen LogP contribution in [0.2, 0.25) is 0 Å². The van der Waals surface area contributed by atoms with Crippen molar-refractivity contribution in [3.8, 4) is 11.1 Å². The van der Waals surface area contributed by atoms with Crippen molar-refractivity contribution in [3.63, 3.8) is 0 Å². The molecule has 39 heavy (non-hydrogen) atoms. The number of piperidine rings is 1. The van der Waals surface area contributed by atoms with Gasteiger partial charge in [-0.15, -0.1) is 11.3 Å². The zero-order valence-corrected chi connectivity index (χ0v) is 24.1. The van der Waals surface area contributed by atoms with Crippen LogP contribution in [-0.4, -0.2) is 49.3 Å². The molecule has 206 valence electrons. The molecule has 3 heterocycles. The van der Waals surface area contributed by atoms with Gasteiger partial charge in [0.05, 0.1) is 26.8 Å². The Hall–Kier alpha value is -3.28. The zero-order chi connectivity index (χ0) is 27.8. The average Bonchev–Trinajstić information content (AvgIpc) is 3.31. The molecular weight excluding hydrogens is 535 g/mol. The predicted molar refractivity (Wildman–Crippen MR) is 159 cm³/mol. The molecule has 0 saturated carbocycles. The van der Waals surface area contributed by atoms with E-state index in [0.717, 1.165) is 47.3 Å². The molecule has 11 heteroatoms. The third-order valence-corrected chi connectivity index (χ3v) is 10.0. The molecule has 0 atom stereocenters. The molecule has 1 aliphatic rings. The summed E-state index contributed by atoms with van der Waals surface area (Å²) in [5.74, 6) is 0.0726. The Morgan fingerprint density at radius 1 is 1.08 bits per heavy atom. The van der Waals surface area contributed by atoms with Crippen LogP contribution in [0, 0.1) is 5.82 Å². The Kier molecular flexibility index (Phi) is 7.49. The van der Waals surface area contributed by atoms with Gasteiger partial charge in [0, 0.05) is 41.4 Å². The number of hydrogen-bond donors (Lipinski definition) is 3. The van der Waals surface area contributed by atoms with Gasteiger partial charge < -0.3 is 15.5 Å². The summed E-state index contributed by atoms with van der Waals surface area (Å²) in [6, 6.07) is 12.9. The molecule has 1 saturated heterocycles. The zero-order valence-electron chi connectivity index (χ0n) is 22.5. The smallest absolute Gasteiger partial charge is 0.237 e. The number of halogens is 1. The van der Waals surface area contributed by atoms with E-state index in [-0.39, 0.29) is 5.82 Å². The van der Waals surface area contributed by atoms with Crippen LogP contribution in [-0.2, 0) is 10.0 Å². The van der Waals surface area contributed by atoms with E-state index in [1.807, 2.05) is 30.6 Å². The summed E-state index contributed by atoms with van der Waals surface area (Å²) in [7, 11) is -1.59. The number of rotatable bonds is 7. The van der Waals surface area contributed by atoms with E-state index in [1.54, 1.807) is 45.2 Å². The minimum absolute atomic E-state index is 0.283. The molecule has 1 fully saturated rings. The first kappa shape index (κ1) is 27.3. The number of hydrogen-bond acceptors (Lipinski definition) is 8. The van der Waals surface area contributed by atoms with E-state index in [9.17, 15) is 8.42 Å². The molecule has 0 aliphatic carbocycles. The summed E-state index contributed by atoms with van der Waals surface area (Å²) >= 11 is 1.51. The van der Waals surface area contributed by atoms with Crippen LogP contribution in [0.4, 0.5) is 27.4 Å². The standard InChI is InChI=1S/C28H33FN6O2S2/c1-28(2,3)39(36,37)34-21-7-5-6-18(14-21)22-17-38-25-16-31-27(33-26(22)25)32-20-8-9-24(23(29)15-20)35-12-10-19(30-4)11-13-35/h5-9,14-17,19,30,34H,10-13H2,1-4H3,(H,31,32,33). The Labute approximate surface area is 232 Å². The fourth-order valence-electron chi connectivity index (χ4n) is 4.53. The van der Waals surface area contributed by atoms with Gasteiger partial charge in [-0.1, -0.05) is 12.1 Å².